The minimum atomic E-state index is -3.96. The lowest BCUT2D eigenvalue weighted by Gasteiger charge is -2.14. The lowest BCUT2D eigenvalue weighted by molar-refractivity contribution is -0.148. The molecule has 0 spiro atoms. The second kappa shape index (κ2) is 8.89. The van der Waals surface area contributed by atoms with Gasteiger partial charge < -0.3 is 10.1 Å². The average molecular weight is 412 g/mol. The van der Waals surface area contributed by atoms with Gasteiger partial charge in [-0.2, -0.15) is 4.72 Å². The van der Waals surface area contributed by atoms with E-state index in [2.05, 4.69) is 10.0 Å². The number of anilines is 1. The maximum absolute atomic E-state index is 13.5. The SMILES string of the molecule is Cc1ccc(S(=O)(=O)N[C@H](C)C(=O)OCC(=O)Nc2cc(F)ccc2F)cc1. The van der Waals surface area contributed by atoms with E-state index in [0.29, 0.717) is 0 Å². The van der Waals surface area contributed by atoms with Crippen molar-refractivity contribution in [2.75, 3.05) is 11.9 Å². The zero-order valence-electron chi connectivity index (χ0n) is 15.0. The maximum atomic E-state index is 13.5. The Bertz CT molecular complexity index is 978. The van der Waals surface area contributed by atoms with Crippen molar-refractivity contribution in [3.05, 3.63) is 59.7 Å². The lowest BCUT2D eigenvalue weighted by Crippen LogP contribution is -2.40. The second-order valence-electron chi connectivity index (χ2n) is 5.94. The van der Waals surface area contributed by atoms with Crippen molar-refractivity contribution in [2.24, 2.45) is 0 Å². The lowest BCUT2D eigenvalue weighted by atomic mass is 10.2. The molecule has 0 aliphatic rings. The Morgan fingerprint density at radius 1 is 1.11 bits per heavy atom. The smallest absolute Gasteiger partial charge is 0.324 e. The van der Waals surface area contributed by atoms with Crippen LogP contribution in [0.15, 0.2) is 47.4 Å². The molecule has 2 N–H and O–H groups in total. The van der Waals surface area contributed by atoms with Gasteiger partial charge in [0.15, 0.2) is 6.61 Å². The van der Waals surface area contributed by atoms with Crippen LogP contribution in [0.5, 0.6) is 0 Å². The third-order valence-electron chi connectivity index (χ3n) is 3.56. The molecule has 0 saturated heterocycles. The first-order chi connectivity index (χ1) is 13.1. The van der Waals surface area contributed by atoms with Crippen LogP contribution in [0.1, 0.15) is 12.5 Å². The standard InChI is InChI=1S/C18H18F2N2O5S/c1-11-3-6-14(7-4-11)28(25,26)22-12(2)18(24)27-10-17(23)21-16-9-13(19)5-8-15(16)20/h3-9,12,22H,10H2,1-2H3,(H,21,23)/t12-/m1/s1. The van der Waals surface area contributed by atoms with Gasteiger partial charge in [0.2, 0.25) is 10.0 Å². The summed E-state index contributed by atoms with van der Waals surface area (Å²) < 4.78 is 57.8. The molecule has 1 atom stereocenters. The van der Waals surface area contributed by atoms with Crippen molar-refractivity contribution < 1.29 is 31.5 Å². The zero-order chi connectivity index (χ0) is 20.9. The summed E-state index contributed by atoms with van der Waals surface area (Å²) in [6.45, 7) is 2.24. The van der Waals surface area contributed by atoms with Crippen molar-refractivity contribution in [2.45, 2.75) is 24.8 Å². The molecule has 0 aliphatic carbocycles. The number of benzene rings is 2. The summed E-state index contributed by atoms with van der Waals surface area (Å²) in [5.41, 5.74) is 0.460. The fourth-order valence-corrected chi connectivity index (χ4v) is 3.30. The van der Waals surface area contributed by atoms with Gasteiger partial charge in [0.1, 0.15) is 17.7 Å². The first kappa shape index (κ1) is 21.5. The van der Waals surface area contributed by atoms with Crippen molar-refractivity contribution >= 4 is 27.6 Å². The fraction of sp³-hybridized carbons (Fsp3) is 0.222. The van der Waals surface area contributed by atoms with E-state index in [1.165, 1.54) is 19.1 Å². The molecule has 0 saturated carbocycles. The number of rotatable bonds is 7. The molecule has 2 aromatic carbocycles. The number of hydrogen-bond donors (Lipinski definition) is 2. The van der Waals surface area contributed by atoms with Crippen molar-refractivity contribution in [3.63, 3.8) is 0 Å². The van der Waals surface area contributed by atoms with Gasteiger partial charge in [-0.3, -0.25) is 9.59 Å². The Morgan fingerprint density at radius 3 is 2.39 bits per heavy atom. The Kier molecular flexibility index (Phi) is 6.81. The topological polar surface area (TPSA) is 102 Å². The van der Waals surface area contributed by atoms with Crippen molar-refractivity contribution in [1.29, 1.82) is 0 Å². The van der Waals surface area contributed by atoms with Crippen LogP contribution < -0.4 is 10.0 Å². The number of halogens is 2. The highest BCUT2D eigenvalue weighted by molar-refractivity contribution is 7.89. The maximum Gasteiger partial charge on any atom is 0.324 e. The van der Waals surface area contributed by atoms with Crippen LogP contribution in [0.3, 0.4) is 0 Å². The van der Waals surface area contributed by atoms with Crippen LogP contribution in [0, 0.1) is 18.6 Å². The highest BCUT2D eigenvalue weighted by atomic mass is 32.2. The number of sulfonamides is 1. The zero-order valence-corrected chi connectivity index (χ0v) is 15.8. The van der Waals surface area contributed by atoms with Gasteiger partial charge in [-0.1, -0.05) is 17.7 Å². The molecule has 10 heteroatoms. The highest BCUT2D eigenvalue weighted by Gasteiger charge is 2.23. The summed E-state index contributed by atoms with van der Waals surface area (Å²) in [5.74, 6) is -3.54. The molecular weight excluding hydrogens is 394 g/mol. The summed E-state index contributed by atoms with van der Waals surface area (Å²) in [7, 11) is -3.96. The van der Waals surface area contributed by atoms with Crippen molar-refractivity contribution in [3.8, 4) is 0 Å². The molecule has 0 fully saturated rings. The van der Waals surface area contributed by atoms with E-state index in [1.54, 1.807) is 19.1 Å². The van der Waals surface area contributed by atoms with E-state index < -0.39 is 51.9 Å². The predicted molar refractivity (Wildman–Crippen MR) is 96.9 cm³/mol. The van der Waals surface area contributed by atoms with Gasteiger partial charge in [0.05, 0.1) is 10.6 Å². The molecule has 0 aromatic heterocycles. The van der Waals surface area contributed by atoms with Gasteiger partial charge in [-0.25, -0.2) is 17.2 Å². The van der Waals surface area contributed by atoms with E-state index in [4.69, 9.17) is 4.74 Å². The van der Waals surface area contributed by atoms with E-state index >= 15 is 0 Å². The molecule has 0 radical (unpaired) electrons. The first-order valence-electron chi connectivity index (χ1n) is 8.09. The molecule has 0 aliphatic heterocycles. The van der Waals surface area contributed by atoms with Crippen LogP contribution in [0.4, 0.5) is 14.5 Å². The number of esters is 1. The molecule has 0 bridgehead atoms. The van der Waals surface area contributed by atoms with Crippen LogP contribution in [0.2, 0.25) is 0 Å². The Hall–Kier alpha value is -2.85. The predicted octanol–water partition coefficient (Wildman–Crippen LogP) is 2.12. The van der Waals surface area contributed by atoms with Crippen LogP contribution in [-0.2, 0) is 24.3 Å². The number of carbonyl (C=O) groups is 2. The first-order valence-corrected chi connectivity index (χ1v) is 9.57. The summed E-state index contributed by atoms with van der Waals surface area (Å²) in [5, 5.41) is 2.05. The quantitative estimate of drug-likeness (QED) is 0.679. The molecular formula is C18H18F2N2O5S. The number of ether oxygens (including phenoxy) is 1. The number of aryl methyl sites for hydroxylation is 1. The van der Waals surface area contributed by atoms with Gasteiger partial charge in [-0.05, 0) is 38.1 Å². The van der Waals surface area contributed by atoms with Crippen LogP contribution in [0.25, 0.3) is 0 Å². The third kappa shape index (κ3) is 5.83. The van der Waals surface area contributed by atoms with E-state index in [1.807, 2.05) is 0 Å². The Morgan fingerprint density at radius 2 is 1.75 bits per heavy atom. The molecule has 2 rings (SSSR count). The van der Waals surface area contributed by atoms with E-state index in [9.17, 15) is 26.8 Å². The number of amides is 1. The second-order valence-corrected chi connectivity index (χ2v) is 7.65. The molecule has 2 aromatic rings. The van der Waals surface area contributed by atoms with Gasteiger partial charge >= 0.3 is 5.97 Å². The minimum absolute atomic E-state index is 0.0305. The summed E-state index contributed by atoms with van der Waals surface area (Å²) in [6, 6.07) is 7.19. The molecule has 0 heterocycles. The largest absolute Gasteiger partial charge is 0.454 e. The van der Waals surface area contributed by atoms with Crippen LogP contribution in [-0.4, -0.2) is 32.9 Å². The molecule has 1 amide bonds. The fourth-order valence-electron chi connectivity index (χ4n) is 2.11. The molecule has 28 heavy (non-hydrogen) atoms. The normalized spacial score (nSPS) is 12.3. The van der Waals surface area contributed by atoms with E-state index in [0.717, 1.165) is 23.8 Å². The van der Waals surface area contributed by atoms with Gasteiger partial charge in [0.25, 0.3) is 5.91 Å². The Labute approximate surface area is 160 Å². The van der Waals surface area contributed by atoms with Crippen LogP contribution >= 0.6 is 0 Å². The minimum Gasteiger partial charge on any atom is -0.454 e. The van der Waals surface area contributed by atoms with Gasteiger partial charge in [-0.15, -0.1) is 0 Å². The summed E-state index contributed by atoms with van der Waals surface area (Å²) in [6.07, 6.45) is 0. The highest BCUT2D eigenvalue weighted by Crippen LogP contribution is 2.15. The molecule has 0 unspecified atom stereocenters. The Balaban J connectivity index is 1.90. The number of nitrogens with one attached hydrogen (secondary N) is 2. The molecule has 7 nitrogen and oxygen atoms in total. The summed E-state index contributed by atoms with van der Waals surface area (Å²) in [4.78, 5) is 23.6. The van der Waals surface area contributed by atoms with Gasteiger partial charge in [0, 0.05) is 6.07 Å². The monoisotopic (exact) mass is 412 g/mol. The average Bonchev–Trinajstić information content (AvgIpc) is 2.62. The third-order valence-corrected chi connectivity index (χ3v) is 5.12. The number of carbonyl (C=O) groups excluding carboxylic acids is 2. The molecule has 150 valence electrons. The number of hydrogen-bond acceptors (Lipinski definition) is 5. The van der Waals surface area contributed by atoms with E-state index in [-0.39, 0.29) is 4.90 Å². The van der Waals surface area contributed by atoms with Crippen molar-refractivity contribution in [1.82, 2.24) is 4.72 Å². The summed E-state index contributed by atoms with van der Waals surface area (Å²) >= 11 is 0.